The zero-order chi connectivity index (χ0) is 14.4. The summed E-state index contributed by atoms with van der Waals surface area (Å²) in [6.07, 6.45) is -1.98. The quantitative estimate of drug-likeness (QED) is 0.833. The second-order valence-corrected chi connectivity index (χ2v) is 4.17. The first-order valence-electron chi connectivity index (χ1n) is 5.78. The summed E-state index contributed by atoms with van der Waals surface area (Å²) in [4.78, 5) is 23.5. The lowest BCUT2D eigenvalue weighted by Gasteiger charge is -2.26. The van der Waals surface area contributed by atoms with Gasteiger partial charge in [0.2, 0.25) is 0 Å². The van der Waals surface area contributed by atoms with E-state index in [0.717, 1.165) is 10.5 Å². The van der Waals surface area contributed by atoms with E-state index in [1.165, 1.54) is 14.0 Å². The maximum Gasteiger partial charge on any atom is 0.410 e. The molecule has 2 atom stereocenters. The molecule has 0 aromatic heterocycles. The van der Waals surface area contributed by atoms with E-state index in [2.05, 4.69) is 0 Å². The Morgan fingerprint density at radius 2 is 1.89 bits per heavy atom. The van der Waals surface area contributed by atoms with Crippen molar-refractivity contribution in [3.63, 3.8) is 0 Å². The van der Waals surface area contributed by atoms with E-state index in [-0.39, 0.29) is 6.61 Å². The Balaban J connectivity index is 2.59. The van der Waals surface area contributed by atoms with E-state index in [0.29, 0.717) is 0 Å². The molecular weight excluding hydrogens is 250 g/mol. The van der Waals surface area contributed by atoms with Gasteiger partial charge in [-0.15, -0.1) is 0 Å². The number of hydrogen-bond acceptors (Lipinski definition) is 4. The highest BCUT2D eigenvalue weighted by atomic mass is 16.6. The maximum atomic E-state index is 11.7. The summed E-state index contributed by atoms with van der Waals surface area (Å²) in [5, 5.41) is 18.3. The number of nitrogens with zero attached hydrogens (tertiary/aromatic N) is 1. The lowest BCUT2D eigenvalue weighted by atomic mass is 10.1. The lowest BCUT2D eigenvalue weighted by Crippen LogP contribution is -2.48. The predicted molar refractivity (Wildman–Crippen MR) is 67.5 cm³/mol. The highest BCUT2D eigenvalue weighted by Gasteiger charge is 2.31. The van der Waals surface area contributed by atoms with Crippen molar-refractivity contribution in [1.29, 1.82) is 0 Å². The van der Waals surface area contributed by atoms with E-state index >= 15 is 0 Å². The number of carbonyl (C=O) groups is 2. The van der Waals surface area contributed by atoms with Crippen molar-refractivity contribution >= 4 is 12.1 Å². The topological polar surface area (TPSA) is 87.1 Å². The summed E-state index contributed by atoms with van der Waals surface area (Å²) in [6.45, 7) is 1.36. The molecule has 0 aliphatic carbocycles. The van der Waals surface area contributed by atoms with Crippen LogP contribution in [0.4, 0.5) is 4.79 Å². The van der Waals surface area contributed by atoms with Crippen molar-refractivity contribution < 1.29 is 24.5 Å². The highest BCUT2D eigenvalue weighted by molar-refractivity contribution is 5.80. The van der Waals surface area contributed by atoms with Gasteiger partial charge in [0.05, 0.1) is 6.10 Å². The van der Waals surface area contributed by atoms with Gasteiger partial charge >= 0.3 is 12.1 Å². The summed E-state index contributed by atoms with van der Waals surface area (Å²) < 4.78 is 4.98. The van der Waals surface area contributed by atoms with Crippen LogP contribution in [0.3, 0.4) is 0 Å². The molecule has 0 heterocycles. The Bertz CT molecular complexity index is 432. The molecule has 6 heteroatoms. The Morgan fingerprint density at radius 1 is 1.32 bits per heavy atom. The SMILES string of the molecule is C[C@H](O)[C@@H](C(=O)O)N(C)C(=O)OCc1ccccc1. The minimum absolute atomic E-state index is 0.0517. The number of aliphatic hydroxyl groups is 1. The lowest BCUT2D eigenvalue weighted by molar-refractivity contribution is -0.146. The molecule has 0 aliphatic heterocycles. The van der Waals surface area contributed by atoms with Crippen LogP contribution in [0.1, 0.15) is 12.5 Å². The molecular formula is C13H17NO5. The zero-order valence-electron chi connectivity index (χ0n) is 10.8. The van der Waals surface area contributed by atoms with Crippen molar-refractivity contribution in [2.24, 2.45) is 0 Å². The molecule has 1 amide bonds. The van der Waals surface area contributed by atoms with Crippen LogP contribution in [-0.4, -0.2) is 46.4 Å². The number of ether oxygens (including phenoxy) is 1. The van der Waals surface area contributed by atoms with Crippen LogP contribution in [0.15, 0.2) is 30.3 Å². The Morgan fingerprint density at radius 3 is 2.37 bits per heavy atom. The van der Waals surface area contributed by atoms with Gasteiger partial charge < -0.3 is 14.9 Å². The van der Waals surface area contributed by atoms with E-state index in [9.17, 15) is 14.7 Å². The van der Waals surface area contributed by atoms with Gasteiger partial charge in [0.1, 0.15) is 6.61 Å². The van der Waals surface area contributed by atoms with Gasteiger partial charge in [0, 0.05) is 7.05 Å². The van der Waals surface area contributed by atoms with E-state index < -0.39 is 24.2 Å². The third-order valence-electron chi connectivity index (χ3n) is 2.62. The minimum atomic E-state index is -1.33. The number of amides is 1. The first kappa shape index (κ1) is 15.0. The molecule has 0 saturated carbocycles. The van der Waals surface area contributed by atoms with Crippen LogP contribution in [0.25, 0.3) is 0 Å². The summed E-state index contributed by atoms with van der Waals surface area (Å²) in [7, 11) is 1.28. The third-order valence-corrected chi connectivity index (χ3v) is 2.62. The monoisotopic (exact) mass is 267 g/mol. The smallest absolute Gasteiger partial charge is 0.410 e. The number of rotatable bonds is 5. The molecule has 0 fully saturated rings. The number of benzene rings is 1. The third kappa shape index (κ3) is 4.26. The second-order valence-electron chi connectivity index (χ2n) is 4.17. The van der Waals surface area contributed by atoms with Crippen molar-refractivity contribution in [2.45, 2.75) is 25.7 Å². The predicted octanol–water partition coefficient (Wildman–Crippen LogP) is 1.09. The van der Waals surface area contributed by atoms with Crippen molar-refractivity contribution in [2.75, 3.05) is 7.05 Å². The van der Waals surface area contributed by atoms with Gasteiger partial charge in [-0.3, -0.25) is 4.90 Å². The van der Waals surface area contributed by atoms with Crippen molar-refractivity contribution in [3.8, 4) is 0 Å². The van der Waals surface area contributed by atoms with Crippen molar-refractivity contribution in [3.05, 3.63) is 35.9 Å². The van der Waals surface area contributed by atoms with E-state index in [1.54, 1.807) is 12.1 Å². The summed E-state index contributed by atoms with van der Waals surface area (Å²) >= 11 is 0. The zero-order valence-corrected chi connectivity index (χ0v) is 10.8. The number of hydrogen-bond donors (Lipinski definition) is 2. The molecule has 0 bridgehead atoms. The number of aliphatic hydroxyl groups excluding tert-OH is 1. The fourth-order valence-electron chi connectivity index (χ4n) is 1.63. The summed E-state index contributed by atoms with van der Waals surface area (Å²) in [6, 6.07) is 7.70. The molecule has 0 aliphatic rings. The number of carboxylic acids is 1. The van der Waals surface area contributed by atoms with E-state index in [1.807, 2.05) is 18.2 Å². The molecule has 104 valence electrons. The first-order chi connectivity index (χ1) is 8.93. The van der Waals surface area contributed by atoms with Gasteiger partial charge in [-0.05, 0) is 12.5 Å². The molecule has 6 nitrogen and oxygen atoms in total. The van der Waals surface area contributed by atoms with Crippen LogP contribution < -0.4 is 0 Å². The number of carboxylic acid groups (broad SMARTS) is 1. The van der Waals surface area contributed by atoms with Crippen LogP contribution in [0.5, 0.6) is 0 Å². The minimum Gasteiger partial charge on any atom is -0.480 e. The molecule has 1 aromatic carbocycles. The van der Waals surface area contributed by atoms with Gasteiger partial charge in [0.25, 0.3) is 0 Å². The second kappa shape index (κ2) is 6.75. The average molecular weight is 267 g/mol. The van der Waals surface area contributed by atoms with Crippen LogP contribution >= 0.6 is 0 Å². The molecule has 1 rings (SSSR count). The molecule has 19 heavy (non-hydrogen) atoms. The first-order valence-corrected chi connectivity index (χ1v) is 5.78. The maximum absolute atomic E-state index is 11.7. The van der Waals surface area contributed by atoms with Crippen LogP contribution in [0.2, 0.25) is 0 Å². The van der Waals surface area contributed by atoms with Crippen LogP contribution in [-0.2, 0) is 16.1 Å². The Kier molecular flexibility index (Phi) is 5.32. The fourth-order valence-corrected chi connectivity index (χ4v) is 1.63. The number of carbonyl (C=O) groups excluding carboxylic acids is 1. The normalized spacial score (nSPS) is 13.4. The average Bonchev–Trinajstić information content (AvgIpc) is 2.36. The number of likely N-dealkylation sites (N-methyl/N-ethyl adjacent to an activating group) is 1. The van der Waals surface area contributed by atoms with E-state index in [4.69, 9.17) is 9.84 Å². The molecule has 0 unspecified atom stereocenters. The molecule has 0 spiro atoms. The van der Waals surface area contributed by atoms with Gasteiger partial charge in [0.15, 0.2) is 6.04 Å². The highest BCUT2D eigenvalue weighted by Crippen LogP contribution is 2.07. The summed E-state index contributed by atoms with van der Waals surface area (Å²) in [5.41, 5.74) is 0.799. The Labute approximate surface area is 111 Å². The molecule has 2 N–H and O–H groups in total. The summed E-state index contributed by atoms with van der Waals surface area (Å²) in [5.74, 6) is -1.28. The molecule has 0 saturated heterocycles. The fraction of sp³-hybridized carbons (Fsp3) is 0.385. The molecule has 0 radical (unpaired) electrons. The largest absolute Gasteiger partial charge is 0.480 e. The van der Waals surface area contributed by atoms with Gasteiger partial charge in [-0.25, -0.2) is 9.59 Å². The van der Waals surface area contributed by atoms with Gasteiger partial charge in [-0.2, -0.15) is 0 Å². The van der Waals surface area contributed by atoms with Crippen molar-refractivity contribution in [1.82, 2.24) is 4.90 Å². The number of aliphatic carboxylic acids is 1. The van der Waals surface area contributed by atoms with Gasteiger partial charge in [-0.1, -0.05) is 30.3 Å². The Hall–Kier alpha value is -2.08. The standard InChI is InChI=1S/C13H17NO5/c1-9(15)11(12(16)17)14(2)13(18)19-8-10-6-4-3-5-7-10/h3-7,9,11,15H,8H2,1-2H3,(H,16,17)/t9-,11-/m0/s1. The molecule has 1 aromatic rings. The van der Waals surface area contributed by atoms with Crippen LogP contribution in [0, 0.1) is 0 Å².